The van der Waals surface area contributed by atoms with Gasteiger partial charge >= 0.3 is 6.09 Å². The quantitative estimate of drug-likeness (QED) is 0.187. The number of imidazole rings is 2. The molecule has 274 valence electrons. The van der Waals surface area contributed by atoms with Crippen LogP contribution in [-0.2, 0) is 14.3 Å². The molecule has 53 heavy (non-hydrogen) atoms. The van der Waals surface area contributed by atoms with Gasteiger partial charge in [0.05, 0.1) is 41.3 Å². The lowest BCUT2D eigenvalue weighted by Crippen LogP contribution is -2.54. The van der Waals surface area contributed by atoms with E-state index in [2.05, 4.69) is 86.7 Å². The van der Waals surface area contributed by atoms with E-state index in [9.17, 15) is 14.4 Å². The van der Waals surface area contributed by atoms with E-state index < -0.39 is 12.1 Å². The van der Waals surface area contributed by atoms with Gasteiger partial charge in [0.2, 0.25) is 11.8 Å². The average molecular weight is 715 g/mol. The second-order valence-electron chi connectivity index (χ2n) is 15.3. The Hall–Kier alpha value is -5.23. The molecule has 3 aromatic carbocycles. The largest absolute Gasteiger partial charge is 0.453 e. The van der Waals surface area contributed by atoms with E-state index in [0.717, 1.165) is 121 Å². The molecule has 4 aliphatic rings. The predicted molar refractivity (Wildman–Crippen MR) is 202 cm³/mol. The lowest BCUT2D eigenvalue weighted by atomic mass is 9.95. The summed E-state index contributed by atoms with van der Waals surface area (Å²) in [5.74, 6) is 2.00. The Balaban J connectivity index is 0.904. The zero-order chi connectivity index (χ0) is 36.2. The second-order valence-corrected chi connectivity index (χ2v) is 15.3. The van der Waals surface area contributed by atoms with Crippen molar-refractivity contribution in [2.75, 3.05) is 33.8 Å². The average Bonchev–Trinajstić information content (AvgIpc) is 4.00. The van der Waals surface area contributed by atoms with Gasteiger partial charge in [-0.25, -0.2) is 14.8 Å². The van der Waals surface area contributed by atoms with E-state index in [0.29, 0.717) is 12.3 Å². The maximum absolute atomic E-state index is 13.5. The number of amides is 3. The smallest absolute Gasteiger partial charge is 0.407 e. The number of hydrogen-bond acceptors (Lipinski definition) is 7. The van der Waals surface area contributed by atoms with Crippen LogP contribution in [0.5, 0.6) is 0 Å². The normalized spacial score (nSPS) is 23.9. The molecule has 0 saturated carbocycles. The number of hydrogen-bond donors (Lipinski definition) is 3. The summed E-state index contributed by atoms with van der Waals surface area (Å²) in [5.41, 5.74) is 8.06. The highest BCUT2D eigenvalue weighted by Gasteiger charge is 2.45. The molecule has 0 aliphatic carbocycles. The van der Waals surface area contributed by atoms with Gasteiger partial charge in [0.25, 0.3) is 0 Å². The summed E-state index contributed by atoms with van der Waals surface area (Å²) in [5, 5.41) is 2.70. The van der Waals surface area contributed by atoms with Crippen molar-refractivity contribution in [2.45, 2.75) is 75.5 Å². The molecule has 9 rings (SSSR count). The van der Waals surface area contributed by atoms with Crippen LogP contribution in [0.1, 0.15) is 75.1 Å². The number of rotatable bonds is 6. The van der Waals surface area contributed by atoms with Crippen LogP contribution >= 0.6 is 0 Å². The fourth-order valence-corrected chi connectivity index (χ4v) is 9.16. The third-order valence-electron chi connectivity index (χ3n) is 12.1. The Morgan fingerprint density at radius 2 is 1.32 bits per heavy atom. The SMILES string of the molecule is COC(=O)N[C@H]1CC[C@H]2CC[C@@H](c3nc4ccc(-c5ccc(-c6ccc7nc([C@@H]8CCCN8C(=O)C8CCN(C)CC8)[nH]c7c6)cc5)cc4[nH]3)N2C1=O. The van der Waals surface area contributed by atoms with E-state index in [1.54, 1.807) is 0 Å². The molecule has 4 fully saturated rings. The van der Waals surface area contributed by atoms with E-state index in [-0.39, 0.29) is 30.0 Å². The third kappa shape index (κ3) is 6.22. The van der Waals surface area contributed by atoms with Crippen LogP contribution in [0.4, 0.5) is 4.79 Å². The van der Waals surface area contributed by atoms with Crippen LogP contribution in [0.15, 0.2) is 60.7 Å². The number of aromatic amines is 2. The Morgan fingerprint density at radius 1 is 0.736 bits per heavy atom. The second kappa shape index (κ2) is 13.6. The van der Waals surface area contributed by atoms with Crippen molar-refractivity contribution in [1.29, 1.82) is 0 Å². The van der Waals surface area contributed by atoms with Crippen molar-refractivity contribution >= 4 is 40.0 Å². The third-order valence-corrected chi connectivity index (χ3v) is 12.1. The summed E-state index contributed by atoms with van der Waals surface area (Å²) in [6, 6.07) is 20.6. The molecular formula is C41H46N8O4. The lowest BCUT2D eigenvalue weighted by Gasteiger charge is -2.37. The molecule has 0 bridgehead atoms. The van der Waals surface area contributed by atoms with Gasteiger partial charge < -0.3 is 34.7 Å². The minimum absolute atomic E-state index is 0.00520. The van der Waals surface area contributed by atoms with Crippen LogP contribution < -0.4 is 5.32 Å². The highest BCUT2D eigenvalue weighted by atomic mass is 16.5. The number of fused-ring (bicyclic) bond motifs is 3. The number of aromatic nitrogens is 4. The van der Waals surface area contributed by atoms with Crippen LogP contribution in [0, 0.1) is 5.92 Å². The molecule has 6 heterocycles. The van der Waals surface area contributed by atoms with E-state index >= 15 is 0 Å². The van der Waals surface area contributed by atoms with Crippen LogP contribution in [0.25, 0.3) is 44.3 Å². The zero-order valence-electron chi connectivity index (χ0n) is 30.3. The Morgan fingerprint density at radius 3 is 1.94 bits per heavy atom. The number of likely N-dealkylation sites (tertiary alicyclic amines) is 2. The van der Waals surface area contributed by atoms with E-state index in [1.165, 1.54) is 7.11 Å². The van der Waals surface area contributed by atoms with Crippen LogP contribution in [-0.4, -0.2) is 98.4 Å². The van der Waals surface area contributed by atoms with Gasteiger partial charge in [-0.2, -0.15) is 0 Å². The first-order valence-electron chi connectivity index (χ1n) is 19.1. The van der Waals surface area contributed by atoms with E-state index in [1.807, 2.05) is 11.0 Å². The summed E-state index contributed by atoms with van der Waals surface area (Å²) in [6.45, 7) is 2.76. The van der Waals surface area contributed by atoms with Gasteiger partial charge in [0, 0.05) is 18.5 Å². The summed E-state index contributed by atoms with van der Waals surface area (Å²) in [4.78, 5) is 62.1. The molecule has 5 aromatic rings. The first-order valence-corrected chi connectivity index (χ1v) is 19.1. The maximum Gasteiger partial charge on any atom is 0.407 e. The molecule has 0 unspecified atom stereocenters. The molecule has 0 radical (unpaired) electrons. The highest BCUT2D eigenvalue weighted by molar-refractivity contribution is 5.88. The summed E-state index contributed by atoms with van der Waals surface area (Å²) in [7, 11) is 3.44. The molecule has 3 amide bonds. The van der Waals surface area contributed by atoms with Gasteiger partial charge in [-0.15, -0.1) is 0 Å². The molecule has 0 spiro atoms. The Bertz CT molecular complexity index is 2180. The van der Waals surface area contributed by atoms with Crippen LogP contribution in [0.3, 0.4) is 0 Å². The van der Waals surface area contributed by atoms with Crippen molar-refractivity contribution in [2.24, 2.45) is 5.92 Å². The van der Waals surface area contributed by atoms with Gasteiger partial charge in [-0.1, -0.05) is 36.4 Å². The summed E-state index contributed by atoms with van der Waals surface area (Å²) >= 11 is 0. The first kappa shape index (κ1) is 33.6. The molecule has 12 nitrogen and oxygen atoms in total. The molecule has 4 atom stereocenters. The molecule has 12 heteroatoms. The molecule has 4 saturated heterocycles. The Labute approximate surface area is 308 Å². The number of alkyl carbamates (subject to hydrolysis) is 1. The monoisotopic (exact) mass is 714 g/mol. The van der Waals surface area contributed by atoms with Gasteiger partial charge in [0.15, 0.2) is 0 Å². The number of ether oxygens (including phenoxy) is 1. The molecule has 2 aromatic heterocycles. The van der Waals surface area contributed by atoms with Crippen molar-refractivity contribution < 1.29 is 19.1 Å². The standard InChI is InChI=1S/C41H46N8O4/c1-47-20-17-26(18-21-47)39(50)48-19-3-4-35(48)37-42-30-13-9-27(22-33(30)44-37)24-5-7-25(8-6-24)28-10-14-31-34(23-28)45-38(43-31)36-16-12-29-11-15-32(40(51)49(29)36)46-41(52)53-2/h5-10,13-14,22-23,26,29,32,35-36H,3-4,11-12,15-21H2,1-2H3,(H,42,44)(H,43,45)(H,46,52)/t29-,32-,35-,36-/m0/s1. The minimum atomic E-state index is -0.585. The van der Waals surface area contributed by atoms with Crippen molar-refractivity contribution in [3.63, 3.8) is 0 Å². The number of carbonyl (C=O) groups excluding carboxylic acids is 3. The molecular weight excluding hydrogens is 669 g/mol. The number of nitrogens with zero attached hydrogens (tertiary/aromatic N) is 5. The predicted octanol–water partition coefficient (Wildman–Crippen LogP) is 6.33. The number of H-pyrrole nitrogens is 2. The summed E-state index contributed by atoms with van der Waals surface area (Å²) < 4.78 is 4.75. The molecule has 3 N–H and O–H groups in total. The number of methoxy groups -OCH3 is 1. The van der Waals surface area contributed by atoms with Gasteiger partial charge in [-0.3, -0.25) is 9.59 Å². The number of piperidine rings is 2. The van der Waals surface area contributed by atoms with Crippen molar-refractivity contribution in [1.82, 2.24) is 40.0 Å². The minimum Gasteiger partial charge on any atom is -0.453 e. The fourth-order valence-electron chi connectivity index (χ4n) is 9.16. The first-order chi connectivity index (χ1) is 25.8. The number of benzene rings is 3. The number of nitrogens with one attached hydrogen (secondary N) is 3. The van der Waals surface area contributed by atoms with Gasteiger partial charge in [0.1, 0.15) is 17.7 Å². The van der Waals surface area contributed by atoms with Gasteiger partial charge in [-0.05, 0) is 118 Å². The zero-order valence-corrected chi connectivity index (χ0v) is 30.3. The van der Waals surface area contributed by atoms with Crippen molar-refractivity contribution in [3.05, 3.63) is 72.3 Å². The topological polar surface area (TPSA) is 140 Å². The van der Waals surface area contributed by atoms with E-state index in [4.69, 9.17) is 14.7 Å². The Kier molecular flexibility index (Phi) is 8.64. The van der Waals surface area contributed by atoms with Crippen LogP contribution in [0.2, 0.25) is 0 Å². The maximum atomic E-state index is 13.5. The fraction of sp³-hybridized carbons (Fsp3) is 0.439. The summed E-state index contributed by atoms with van der Waals surface area (Å²) in [6.07, 6.45) is 6.43. The lowest BCUT2D eigenvalue weighted by molar-refractivity contribution is -0.140. The number of carbonyl (C=O) groups is 3. The van der Waals surface area contributed by atoms with Crippen molar-refractivity contribution in [3.8, 4) is 22.3 Å². The molecule has 4 aliphatic heterocycles. The highest BCUT2D eigenvalue weighted by Crippen LogP contribution is 2.41.